The van der Waals surface area contributed by atoms with Crippen LogP contribution < -0.4 is 5.32 Å². The molecule has 0 heterocycles. The molecule has 0 aliphatic heterocycles. The molecule has 33 heavy (non-hydrogen) atoms. The molecule has 4 rings (SSSR count). The van der Waals surface area contributed by atoms with Crippen molar-refractivity contribution in [2.24, 2.45) is 46.3 Å². The standard InChI is InChI=1S/C32H57N/c1-7-8-9-21-33-26-17-19-31(5)25(22-26)13-14-27-29-16-15-28(24(4)12-10-11-23(2)3)32(29,6)20-18-30(27)31/h13,23-24,26-30,33H,7-12,14-22H2,1-6H3/t24-,26+,27+,28?,29?,30?,31?,32?/m1/s1. The van der Waals surface area contributed by atoms with Gasteiger partial charge >= 0.3 is 0 Å². The molecular weight excluding hydrogens is 398 g/mol. The van der Waals surface area contributed by atoms with Gasteiger partial charge in [0, 0.05) is 6.04 Å². The zero-order chi connectivity index (χ0) is 23.6. The summed E-state index contributed by atoms with van der Waals surface area (Å²) in [4.78, 5) is 0. The van der Waals surface area contributed by atoms with Gasteiger partial charge in [0.1, 0.15) is 0 Å². The highest BCUT2D eigenvalue weighted by atomic mass is 14.9. The second-order valence-corrected chi connectivity index (χ2v) is 13.9. The first-order chi connectivity index (χ1) is 15.8. The van der Waals surface area contributed by atoms with Crippen molar-refractivity contribution in [3.63, 3.8) is 0 Å². The predicted octanol–water partition coefficient (Wildman–Crippen LogP) is 9.18. The van der Waals surface area contributed by atoms with E-state index >= 15 is 0 Å². The van der Waals surface area contributed by atoms with E-state index in [9.17, 15) is 0 Å². The highest BCUT2D eigenvalue weighted by Gasteiger charge is 2.59. The maximum atomic E-state index is 3.92. The molecule has 0 aromatic carbocycles. The van der Waals surface area contributed by atoms with Gasteiger partial charge in [0.2, 0.25) is 0 Å². The number of rotatable bonds is 10. The van der Waals surface area contributed by atoms with Crippen LogP contribution in [0.25, 0.3) is 0 Å². The molecular formula is C32H57N. The Morgan fingerprint density at radius 1 is 0.939 bits per heavy atom. The van der Waals surface area contributed by atoms with E-state index in [0.717, 1.165) is 41.5 Å². The fourth-order valence-electron chi connectivity index (χ4n) is 9.54. The van der Waals surface area contributed by atoms with Crippen molar-refractivity contribution in [2.75, 3.05) is 6.54 Å². The van der Waals surface area contributed by atoms with E-state index < -0.39 is 0 Å². The number of allylic oxidation sites excluding steroid dienone is 1. The van der Waals surface area contributed by atoms with Crippen LogP contribution in [0.3, 0.4) is 0 Å². The number of nitrogens with one attached hydrogen (secondary N) is 1. The zero-order valence-corrected chi connectivity index (χ0v) is 23.2. The molecule has 3 fully saturated rings. The first kappa shape index (κ1) is 25.8. The van der Waals surface area contributed by atoms with Crippen molar-refractivity contribution in [1.29, 1.82) is 0 Å². The van der Waals surface area contributed by atoms with Crippen LogP contribution in [0.4, 0.5) is 0 Å². The van der Waals surface area contributed by atoms with Crippen molar-refractivity contribution in [3.8, 4) is 0 Å². The Morgan fingerprint density at radius 2 is 1.76 bits per heavy atom. The van der Waals surface area contributed by atoms with Gasteiger partial charge in [-0.1, -0.05) is 85.3 Å². The normalized spacial score (nSPS) is 41.3. The molecule has 8 atom stereocenters. The van der Waals surface area contributed by atoms with Gasteiger partial charge < -0.3 is 5.32 Å². The summed E-state index contributed by atoms with van der Waals surface area (Å²) in [6.45, 7) is 16.4. The van der Waals surface area contributed by atoms with Gasteiger partial charge in [0.05, 0.1) is 0 Å². The molecule has 1 heteroatoms. The third-order valence-corrected chi connectivity index (χ3v) is 11.5. The number of unbranched alkanes of at least 4 members (excludes halogenated alkanes) is 2. The Balaban J connectivity index is 1.40. The fraction of sp³-hybridized carbons (Fsp3) is 0.938. The van der Waals surface area contributed by atoms with Crippen LogP contribution in [0.5, 0.6) is 0 Å². The van der Waals surface area contributed by atoms with Gasteiger partial charge in [-0.15, -0.1) is 0 Å². The SMILES string of the molecule is CCCCCN[C@H]1CCC2(C)C(=CC[C@@H]3C2CCC2(C)C3CCC2[C@H](C)CCCC(C)C)C1. The van der Waals surface area contributed by atoms with Gasteiger partial charge in [-0.2, -0.15) is 0 Å². The topological polar surface area (TPSA) is 12.0 Å². The molecule has 4 aliphatic rings. The van der Waals surface area contributed by atoms with E-state index in [1.165, 1.54) is 96.4 Å². The van der Waals surface area contributed by atoms with Crippen LogP contribution >= 0.6 is 0 Å². The largest absolute Gasteiger partial charge is 0.314 e. The predicted molar refractivity (Wildman–Crippen MR) is 144 cm³/mol. The zero-order valence-electron chi connectivity index (χ0n) is 23.2. The summed E-state index contributed by atoms with van der Waals surface area (Å²) in [5, 5.41) is 3.92. The van der Waals surface area contributed by atoms with Crippen LogP contribution in [-0.4, -0.2) is 12.6 Å². The van der Waals surface area contributed by atoms with Gasteiger partial charge in [-0.25, -0.2) is 0 Å². The molecule has 3 saturated carbocycles. The summed E-state index contributed by atoms with van der Waals surface area (Å²) in [6.07, 6.45) is 22.8. The summed E-state index contributed by atoms with van der Waals surface area (Å²) >= 11 is 0. The van der Waals surface area contributed by atoms with Crippen LogP contribution in [0, 0.1) is 46.3 Å². The maximum absolute atomic E-state index is 3.92. The van der Waals surface area contributed by atoms with Gasteiger partial charge in [-0.3, -0.25) is 0 Å². The lowest BCUT2D eigenvalue weighted by Gasteiger charge is -2.58. The summed E-state index contributed by atoms with van der Waals surface area (Å²) in [5.74, 6) is 5.70. The molecule has 1 nitrogen and oxygen atoms in total. The highest BCUT2D eigenvalue weighted by molar-refractivity contribution is 5.26. The van der Waals surface area contributed by atoms with Crippen LogP contribution in [0.2, 0.25) is 0 Å². The van der Waals surface area contributed by atoms with Crippen LogP contribution in [-0.2, 0) is 0 Å². The molecule has 5 unspecified atom stereocenters. The molecule has 0 saturated heterocycles. The fourth-order valence-corrected chi connectivity index (χ4v) is 9.54. The minimum atomic E-state index is 0.507. The van der Waals surface area contributed by atoms with Crippen LogP contribution in [0.15, 0.2) is 11.6 Å². The lowest BCUT2D eigenvalue weighted by Crippen LogP contribution is -2.51. The second kappa shape index (κ2) is 10.8. The lowest BCUT2D eigenvalue weighted by molar-refractivity contribution is -0.0514. The Kier molecular flexibility index (Phi) is 8.40. The van der Waals surface area contributed by atoms with Gasteiger partial charge in [-0.05, 0) is 111 Å². The Bertz CT molecular complexity index is 663. The highest BCUT2D eigenvalue weighted by Crippen LogP contribution is 2.67. The number of fused-ring (bicyclic) bond motifs is 5. The number of hydrogen-bond acceptors (Lipinski definition) is 1. The van der Waals surface area contributed by atoms with E-state index in [1.807, 2.05) is 5.57 Å². The van der Waals surface area contributed by atoms with Gasteiger partial charge in [0.15, 0.2) is 0 Å². The third-order valence-electron chi connectivity index (χ3n) is 11.5. The van der Waals surface area contributed by atoms with Crippen molar-refractivity contribution in [2.45, 2.75) is 137 Å². The van der Waals surface area contributed by atoms with E-state index in [-0.39, 0.29) is 0 Å². The molecule has 0 radical (unpaired) electrons. The van der Waals surface area contributed by atoms with Crippen molar-refractivity contribution in [3.05, 3.63) is 11.6 Å². The molecule has 1 N–H and O–H groups in total. The van der Waals surface area contributed by atoms with Crippen molar-refractivity contribution in [1.82, 2.24) is 5.32 Å². The molecule has 0 spiro atoms. The van der Waals surface area contributed by atoms with Gasteiger partial charge in [0.25, 0.3) is 0 Å². The maximum Gasteiger partial charge on any atom is 0.0105 e. The molecule has 190 valence electrons. The monoisotopic (exact) mass is 455 g/mol. The Labute approximate surface area is 207 Å². The molecule has 0 amide bonds. The first-order valence-corrected chi connectivity index (χ1v) is 15.2. The average Bonchev–Trinajstić information content (AvgIpc) is 3.14. The van der Waals surface area contributed by atoms with Crippen molar-refractivity contribution >= 4 is 0 Å². The molecule has 4 aliphatic carbocycles. The molecule has 0 aromatic heterocycles. The minimum Gasteiger partial charge on any atom is -0.314 e. The summed E-state index contributed by atoms with van der Waals surface area (Å²) < 4.78 is 0. The van der Waals surface area contributed by atoms with Crippen LogP contribution in [0.1, 0.15) is 131 Å². The minimum absolute atomic E-state index is 0.507. The third kappa shape index (κ3) is 5.15. The lowest BCUT2D eigenvalue weighted by atomic mass is 9.47. The quantitative estimate of drug-likeness (QED) is 0.256. The Hall–Kier alpha value is -0.300. The Morgan fingerprint density at radius 3 is 2.52 bits per heavy atom. The van der Waals surface area contributed by atoms with E-state index in [2.05, 4.69) is 52.9 Å². The van der Waals surface area contributed by atoms with E-state index in [4.69, 9.17) is 0 Å². The summed E-state index contributed by atoms with van der Waals surface area (Å²) in [6, 6.07) is 0.745. The summed E-state index contributed by atoms with van der Waals surface area (Å²) in [5.41, 5.74) is 2.98. The van der Waals surface area contributed by atoms with Crippen molar-refractivity contribution < 1.29 is 0 Å². The average molecular weight is 456 g/mol. The number of hydrogen-bond donors (Lipinski definition) is 1. The summed E-state index contributed by atoms with van der Waals surface area (Å²) in [7, 11) is 0. The van der Waals surface area contributed by atoms with E-state index in [1.54, 1.807) is 0 Å². The molecule has 0 bridgehead atoms. The molecule has 0 aromatic rings. The first-order valence-electron chi connectivity index (χ1n) is 15.2. The smallest absolute Gasteiger partial charge is 0.0105 e. The second-order valence-electron chi connectivity index (χ2n) is 13.9. The van der Waals surface area contributed by atoms with E-state index in [0.29, 0.717) is 10.8 Å².